The third kappa shape index (κ3) is 5.24. The summed E-state index contributed by atoms with van der Waals surface area (Å²) in [4.78, 5) is 2.45. The van der Waals surface area contributed by atoms with Gasteiger partial charge in [-0.25, -0.2) is 0 Å². The lowest BCUT2D eigenvalue weighted by Crippen LogP contribution is -2.10. The van der Waals surface area contributed by atoms with E-state index >= 15 is 0 Å². The minimum Gasteiger partial charge on any atom is -0.310 e. The van der Waals surface area contributed by atoms with Crippen LogP contribution in [0.15, 0.2) is 206 Å². The van der Waals surface area contributed by atoms with Gasteiger partial charge in [0.2, 0.25) is 0 Å². The maximum atomic E-state index is 2.45. The highest BCUT2D eigenvalue weighted by Crippen LogP contribution is 2.46. The Labute approximate surface area is 323 Å². The molecule has 258 valence electrons. The summed E-state index contributed by atoms with van der Waals surface area (Å²) in [5.74, 6) is 0. The molecule has 2 nitrogen and oxygen atoms in total. The van der Waals surface area contributed by atoms with E-state index in [0.29, 0.717) is 0 Å². The Hall–Kier alpha value is -6.94. The van der Waals surface area contributed by atoms with Crippen LogP contribution in [0.3, 0.4) is 0 Å². The molecule has 0 aliphatic heterocycles. The fourth-order valence-corrected chi connectivity index (χ4v) is 9.58. The van der Waals surface area contributed by atoms with E-state index in [4.69, 9.17) is 0 Å². The number of para-hydroxylation sites is 3. The van der Waals surface area contributed by atoms with E-state index in [9.17, 15) is 0 Å². The van der Waals surface area contributed by atoms with E-state index < -0.39 is 0 Å². The molecule has 0 saturated carbocycles. The minimum absolute atomic E-state index is 1.11. The van der Waals surface area contributed by atoms with Gasteiger partial charge in [0.05, 0.1) is 16.7 Å². The summed E-state index contributed by atoms with van der Waals surface area (Å²) in [7, 11) is 0. The molecule has 0 N–H and O–H groups in total. The normalized spacial score (nSPS) is 11.6. The second-order valence-corrected chi connectivity index (χ2v) is 15.2. The van der Waals surface area contributed by atoms with Crippen LogP contribution < -0.4 is 4.90 Å². The summed E-state index contributed by atoms with van der Waals surface area (Å²) in [5, 5.41) is 7.56. The molecule has 55 heavy (non-hydrogen) atoms. The number of aromatic nitrogens is 1. The Morgan fingerprint density at radius 1 is 0.400 bits per heavy atom. The molecule has 0 spiro atoms. The number of benzene rings is 9. The van der Waals surface area contributed by atoms with E-state index in [0.717, 1.165) is 17.1 Å². The third-order valence-corrected chi connectivity index (χ3v) is 12.1. The van der Waals surface area contributed by atoms with Gasteiger partial charge in [0.15, 0.2) is 0 Å². The van der Waals surface area contributed by atoms with Gasteiger partial charge >= 0.3 is 0 Å². The van der Waals surface area contributed by atoms with Gasteiger partial charge in [-0.15, -0.1) is 11.3 Å². The molecule has 2 heterocycles. The first-order valence-electron chi connectivity index (χ1n) is 18.8. The van der Waals surface area contributed by atoms with Crippen molar-refractivity contribution >= 4 is 81.1 Å². The maximum absolute atomic E-state index is 2.45. The van der Waals surface area contributed by atoms with Crippen molar-refractivity contribution in [3.05, 3.63) is 206 Å². The molecular formula is C52H34N2S. The number of thiophene rings is 1. The molecule has 0 fully saturated rings. The lowest BCUT2D eigenvalue weighted by atomic mass is 9.99. The molecular weight excluding hydrogens is 685 g/mol. The summed E-state index contributed by atoms with van der Waals surface area (Å²) in [6, 6.07) is 75.2. The maximum Gasteiger partial charge on any atom is 0.0619 e. The molecule has 11 rings (SSSR count). The third-order valence-electron chi connectivity index (χ3n) is 11.0. The average molecular weight is 719 g/mol. The van der Waals surface area contributed by atoms with Crippen LogP contribution in [0.2, 0.25) is 0 Å². The molecule has 0 aliphatic carbocycles. The molecule has 0 bridgehead atoms. The van der Waals surface area contributed by atoms with Crippen molar-refractivity contribution in [1.82, 2.24) is 4.57 Å². The van der Waals surface area contributed by atoms with Gasteiger partial charge in [-0.3, -0.25) is 0 Å². The Kier molecular flexibility index (Phi) is 7.39. The molecule has 0 unspecified atom stereocenters. The molecule has 9 aromatic carbocycles. The highest BCUT2D eigenvalue weighted by atomic mass is 32.1. The van der Waals surface area contributed by atoms with Crippen molar-refractivity contribution in [2.75, 3.05) is 4.90 Å². The molecule has 11 aromatic rings. The first-order valence-corrected chi connectivity index (χ1v) is 19.6. The summed E-state index contributed by atoms with van der Waals surface area (Å²) in [6.07, 6.45) is 0. The molecule has 3 heteroatoms. The number of hydrogen-bond donors (Lipinski definition) is 0. The summed E-state index contributed by atoms with van der Waals surface area (Å²) < 4.78 is 5.00. The van der Waals surface area contributed by atoms with Crippen LogP contribution in [-0.2, 0) is 0 Å². The molecule has 0 atom stereocenters. The largest absolute Gasteiger partial charge is 0.310 e. The summed E-state index contributed by atoms with van der Waals surface area (Å²) in [5.41, 5.74) is 11.7. The predicted octanol–water partition coefficient (Wildman–Crippen LogP) is 15.1. The quantitative estimate of drug-likeness (QED) is 0.166. The average Bonchev–Trinajstić information content (AvgIpc) is 3.81. The summed E-state index contributed by atoms with van der Waals surface area (Å²) >= 11 is 1.86. The van der Waals surface area contributed by atoms with Gasteiger partial charge in [-0.2, -0.15) is 0 Å². The number of fused-ring (bicyclic) bond motifs is 7. The van der Waals surface area contributed by atoms with E-state index in [1.165, 1.54) is 80.7 Å². The minimum atomic E-state index is 1.11. The molecule has 0 saturated heterocycles. The molecule has 0 aliphatic rings. The van der Waals surface area contributed by atoms with Crippen molar-refractivity contribution in [1.29, 1.82) is 0 Å². The predicted molar refractivity (Wildman–Crippen MR) is 237 cm³/mol. The van der Waals surface area contributed by atoms with E-state index in [1.54, 1.807) is 0 Å². The SMILES string of the molecule is c1ccc(-n2c3ccccc3c3cccc(-c4cccc(N(c5ccc(-c6ccc7ccccc7c6)cc5)c5cccc6sc7ccccc7c56)c4)c32)cc1. The number of hydrogen-bond acceptors (Lipinski definition) is 2. The van der Waals surface area contributed by atoms with Crippen LogP contribution in [0.5, 0.6) is 0 Å². The van der Waals surface area contributed by atoms with Crippen LogP contribution in [0.1, 0.15) is 0 Å². The monoisotopic (exact) mass is 718 g/mol. The summed E-state index contributed by atoms with van der Waals surface area (Å²) in [6.45, 7) is 0. The number of rotatable bonds is 6. The molecule has 0 amide bonds. The zero-order chi connectivity index (χ0) is 36.3. The van der Waals surface area contributed by atoms with E-state index in [-0.39, 0.29) is 0 Å². The lowest BCUT2D eigenvalue weighted by molar-refractivity contribution is 1.18. The Bertz CT molecular complexity index is 3210. The van der Waals surface area contributed by atoms with Gasteiger partial charge in [0.25, 0.3) is 0 Å². The highest BCUT2D eigenvalue weighted by molar-refractivity contribution is 7.26. The topological polar surface area (TPSA) is 8.17 Å². The van der Waals surface area contributed by atoms with Gasteiger partial charge in [0.1, 0.15) is 0 Å². The Morgan fingerprint density at radius 3 is 1.98 bits per heavy atom. The van der Waals surface area contributed by atoms with Crippen molar-refractivity contribution in [2.24, 2.45) is 0 Å². The van der Waals surface area contributed by atoms with Crippen molar-refractivity contribution < 1.29 is 0 Å². The second kappa shape index (κ2) is 12.9. The van der Waals surface area contributed by atoms with Crippen molar-refractivity contribution in [2.45, 2.75) is 0 Å². The number of anilines is 3. The van der Waals surface area contributed by atoms with Gasteiger partial charge in [-0.05, 0) is 94.2 Å². The second-order valence-electron chi connectivity index (χ2n) is 14.1. The Balaban J connectivity index is 1.12. The number of nitrogens with zero attached hydrogens (tertiary/aromatic N) is 2. The molecule has 0 radical (unpaired) electrons. The van der Waals surface area contributed by atoms with Crippen LogP contribution in [0, 0.1) is 0 Å². The van der Waals surface area contributed by atoms with Crippen LogP contribution in [0.4, 0.5) is 17.1 Å². The first-order chi connectivity index (χ1) is 27.3. The van der Waals surface area contributed by atoms with Crippen LogP contribution in [0.25, 0.3) is 80.7 Å². The fraction of sp³-hybridized carbons (Fsp3) is 0. The zero-order valence-electron chi connectivity index (χ0n) is 29.9. The van der Waals surface area contributed by atoms with Gasteiger partial charge in [0, 0.05) is 53.6 Å². The smallest absolute Gasteiger partial charge is 0.0619 e. The van der Waals surface area contributed by atoms with Crippen molar-refractivity contribution in [3.63, 3.8) is 0 Å². The highest BCUT2D eigenvalue weighted by Gasteiger charge is 2.21. The standard InChI is InChI=1S/C52H34N2S/c1-2-16-40(17-3-1)54-47-23-8-6-19-44(47)45-22-11-21-43(52(45)54)39-15-10-18-42(34-39)53(48-24-12-26-50-51(48)46-20-7-9-25-49(46)55-50)41-31-29-36(30-32-41)38-28-27-35-13-4-5-14-37(35)33-38/h1-34H. The lowest BCUT2D eigenvalue weighted by Gasteiger charge is -2.27. The fourth-order valence-electron chi connectivity index (χ4n) is 8.45. The van der Waals surface area contributed by atoms with Crippen LogP contribution >= 0.6 is 11.3 Å². The van der Waals surface area contributed by atoms with E-state index in [2.05, 4.69) is 216 Å². The Morgan fingerprint density at radius 2 is 1.09 bits per heavy atom. The molecule has 2 aromatic heterocycles. The van der Waals surface area contributed by atoms with E-state index in [1.807, 2.05) is 11.3 Å². The first kappa shape index (κ1) is 31.6. The zero-order valence-corrected chi connectivity index (χ0v) is 30.7. The van der Waals surface area contributed by atoms with Gasteiger partial charge in [-0.1, -0.05) is 140 Å². The van der Waals surface area contributed by atoms with Crippen LogP contribution in [-0.4, -0.2) is 4.57 Å². The van der Waals surface area contributed by atoms with Crippen molar-refractivity contribution in [3.8, 4) is 27.9 Å². The van der Waals surface area contributed by atoms with Gasteiger partial charge < -0.3 is 9.47 Å².